The van der Waals surface area contributed by atoms with E-state index >= 15 is 0 Å². The summed E-state index contributed by atoms with van der Waals surface area (Å²) in [5, 5.41) is 7.39. The van der Waals surface area contributed by atoms with E-state index in [1.54, 1.807) is 22.9 Å². The Bertz CT molecular complexity index is 999. The average Bonchev–Trinajstić information content (AvgIpc) is 3.12. The second-order valence-electron chi connectivity index (χ2n) is 5.99. The Kier molecular flexibility index (Phi) is 5.82. The lowest BCUT2D eigenvalue weighted by molar-refractivity contribution is 0.583. The molecule has 0 unspecified atom stereocenters. The molecular weight excluding hydrogens is 364 g/mol. The summed E-state index contributed by atoms with van der Waals surface area (Å²) in [4.78, 5) is 8.59. The van der Waals surface area contributed by atoms with Crippen molar-refractivity contribution in [2.75, 3.05) is 18.4 Å². The molecule has 2 N–H and O–H groups in total. The summed E-state index contributed by atoms with van der Waals surface area (Å²) in [7, 11) is -3.52. The van der Waals surface area contributed by atoms with Crippen molar-refractivity contribution in [3.63, 3.8) is 0 Å². The van der Waals surface area contributed by atoms with Crippen LogP contribution in [0.1, 0.15) is 18.2 Å². The Hall–Kier alpha value is -2.78. The smallest absolute Gasteiger partial charge is 0.240 e. The molecule has 0 saturated heterocycles. The van der Waals surface area contributed by atoms with Crippen molar-refractivity contribution in [2.45, 2.75) is 25.2 Å². The molecule has 0 atom stereocenters. The van der Waals surface area contributed by atoms with E-state index in [-0.39, 0.29) is 11.4 Å². The van der Waals surface area contributed by atoms with Gasteiger partial charge in [0.05, 0.1) is 10.6 Å². The highest BCUT2D eigenvalue weighted by molar-refractivity contribution is 7.89. The number of rotatable bonds is 8. The Morgan fingerprint density at radius 2 is 1.85 bits per heavy atom. The third kappa shape index (κ3) is 4.89. The average molecular weight is 386 g/mol. The van der Waals surface area contributed by atoms with Crippen LogP contribution < -0.4 is 10.0 Å². The molecule has 9 heteroatoms. The molecule has 3 rings (SSSR count). The number of anilines is 1. The van der Waals surface area contributed by atoms with Crippen molar-refractivity contribution >= 4 is 15.8 Å². The number of hydrogen-bond donors (Lipinski definition) is 2. The minimum atomic E-state index is -3.52. The van der Waals surface area contributed by atoms with Gasteiger partial charge in [0.25, 0.3) is 0 Å². The summed E-state index contributed by atoms with van der Waals surface area (Å²) in [6.45, 7) is 4.55. The molecule has 142 valence electrons. The minimum Gasteiger partial charge on any atom is -0.369 e. The molecule has 2 aromatic heterocycles. The van der Waals surface area contributed by atoms with Crippen molar-refractivity contribution in [2.24, 2.45) is 0 Å². The highest BCUT2D eigenvalue weighted by Gasteiger charge is 2.12. The van der Waals surface area contributed by atoms with Crippen LogP contribution in [0, 0.1) is 6.92 Å². The molecule has 0 saturated carbocycles. The van der Waals surface area contributed by atoms with Gasteiger partial charge in [-0.2, -0.15) is 5.10 Å². The van der Waals surface area contributed by atoms with E-state index in [2.05, 4.69) is 25.1 Å². The fraction of sp³-hybridized carbons (Fsp3) is 0.278. The van der Waals surface area contributed by atoms with Gasteiger partial charge in [0.1, 0.15) is 12.1 Å². The number of aromatic nitrogens is 4. The zero-order chi connectivity index (χ0) is 19.3. The molecule has 0 amide bonds. The zero-order valence-electron chi connectivity index (χ0n) is 15.3. The third-order valence-corrected chi connectivity index (χ3v) is 5.45. The first-order valence-corrected chi connectivity index (χ1v) is 10.1. The predicted molar refractivity (Wildman–Crippen MR) is 103 cm³/mol. The maximum Gasteiger partial charge on any atom is 0.240 e. The molecule has 0 aliphatic heterocycles. The largest absolute Gasteiger partial charge is 0.369 e. The van der Waals surface area contributed by atoms with Crippen LogP contribution in [0.5, 0.6) is 0 Å². The Morgan fingerprint density at radius 3 is 2.52 bits per heavy atom. The van der Waals surface area contributed by atoms with E-state index in [1.807, 2.05) is 38.2 Å². The van der Waals surface area contributed by atoms with Crippen molar-refractivity contribution in [3.05, 3.63) is 60.2 Å². The summed E-state index contributed by atoms with van der Waals surface area (Å²) >= 11 is 0. The van der Waals surface area contributed by atoms with Gasteiger partial charge in [0.15, 0.2) is 5.82 Å². The van der Waals surface area contributed by atoms with E-state index in [1.165, 1.54) is 6.33 Å². The Labute approximate surface area is 158 Å². The van der Waals surface area contributed by atoms with Gasteiger partial charge in [-0.05, 0) is 37.1 Å². The number of aryl methyl sites for hydroxylation is 2. The summed E-state index contributed by atoms with van der Waals surface area (Å²) in [5.74, 6) is 1.23. The van der Waals surface area contributed by atoms with Crippen LogP contribution in [0.15, 0.2) is 53.8 Å². The van der Waals surface area contributed by atoms with Crippen LogP contribution in [0.2, 0.25) is 0 Å². The molecule has 0 spiro atoms. The topological polar surface area (TPSA) is 102 Å². The van der Waals surface area contributed by atoms with E-state index in [0.29, 0.717) is 18.2 Å². The molecule has 2 heterocycles. The van der Waals surface area contributed by atoms with Crippen molar-refractivity contribution in [3.8, 4) is 5.82 Å². The van der Waals surface area contributed by atoms with Gasteiger partial charge in [-0.3, -0.25) is 0 Å². The predicted octanol–water partition coefficient (Wildman–Crippen LogP) is 1.92. The molecule has 0 aliphatic carbocycles. The molecule has 0 radical (unpaired) electrons. The molecule has 1 aromatic carbocycles. The maximum atomic E-state index is 12.3. The summed E-state index contributed by atoms with van der Waals surface area (Å²) in [5.41, 5.74) is 1.99. The highest BCUT2D eigenvalue weighted by atomic mass is 32.2. The van der Waals surface area contributed by atoms with Crippen LogP contribution >= 0.6 is 0 Å². The van der Waals surface area contributed by atoms with E-state index in [0.717, 1.165) is 17.7 Å². The summed E-state index contributed by atoms with van der Waals surface area (Å²) in [6.07, 6.45) is 4.13. The lowest BCUT2D eigenvalue weighted by Gasteiger charge is -2.09. The monoisotopic (exact) mass is 386 g/mol. The van der Waals surface area contributed by atoms with Gasteiger partial charge in [-0.25, -0.2) is 27.8 Å². The third-order valence-electron chi connectivity index (χ3n) is 3.97. The number of sulfonamides is 1. The fourth-order valence-corrected chi connectivity index (χ4v) is 3.51. The van der Waals surface area contributed by atoms with E-state index in [4.69, 9.17) is 0 Å². The van der Waals surface area contributed by atoms with Crippen LogP contribution in [0.25, 0.3) is 5.82 Å². The first kappa shape index (κ1) is 19.0. The summed E-state index contributed by atoms with van der Waals surface area (Å²) < 4.78 is 28.9. The van der Waals surface area contributed by atoms with Gasteiger partial charge in [0, 0.05) is 25.4 Å². The van der Waals surface area contributed by atoms with E-state index < -0.39 is 10.0 Å². The van der Waals surface area contributed by atoms with Gasteiger partial charge < -0.3 is 5.32 Å². The molecule has 0 fully saturated rings. The fourth-order valence-electron chi connectivity index (χ4n) is 2.48. The van der Waals surface area contributed by atoms with Crippen molar-refractivity contribution < 1.29 is 8.42 Å². The number of benzene rings is 1. The van der Waals surface area contributed by atoms with Crippen LogP contribution in [0.3, 0.4) is 0 Å². The maximum absolute atomic E-state index is 12.3. The second-order valence-corrected chi connectivity index (χ2v) is 7.75. The van der Waals surface area contributed by atoms with Crippen LogP contribution in [-0.4, -0.2) is 41.3 Å². The van der Waals surface area contributed by atoms with E-state index in [9.17, 15) is 8.42 Å². The Balaban J connectivity index is 1.55. The molecular formula is C18H22N6O2S. The van der Waals surface area contributed by atoms with Gasteiger partial charge in [0.2, 0.25) is 10.0 Å². The van der Waals surface area contributed by atoms with Crippen molar-refractivity contribution in [1.29, 1.82) is 0 Å². The van der Waals surface area contributed by atoms with Gasteiger partial charge in [-0.15, -0.1) is 0 Å². The Morgan fingerprint density at radius 1 is 1.07 bits per heavy atom. The molecule has 0 aliphatic rings. The minimum absolute atomic E-state index is 0.234. The van der Waals surface area contributed by atoms with Gasteiger partial charge in [-0.1, -0.05) is 19.1 Å². The molecule has 3 aromatic rings. The standard InChI is InChI=1S/C18H22N6O2S/c1-3-15-4-6-16(7-5-15)27(25,26)22-10-9-19-17-12-18(21-13-20-17)24-11-8-14(2)23-24/h4-8,11-13,22H,3,9-10H2,1-2H3,(H,19,20,21). The first-order chi connectivity index (χ1) is 13.0. The molecule has 8 nitrogen and oxygen atoms in total. The number of nitrogens with one attached hydrogen (secondary N) is 2. The second kappa shape index (κ2) is 8.28. The lowest BCUT2D eigenvalue weighted by Crippen LogP contribution is -2.29. The number of nitrogens with zero attached hydrogens (tertiary/aromatic N) is 4. The summed E-state index contributed by atoms with van der Waals surface area (Å²) in [6, 6.07) is 10.5. The van der Waals surface area contributed by atoms with Gasteiger partial charge >= 0.3 is 0 Å². The van der Waals surface area contributed by atoms with Crippen molar-refractivity contribution in [1.82, 2.24) is 24.5 Å². The quantitative estimate of drug-likeness (QED) is 0.574. The highest BCUT2D eigenvalue weighted by Crippen LogP contribution is 2.11. The zero-order valence-corrected chi connectivity index (χ0v) is 16.1. The van der Waals surface area contributed by atoms with Crippen LogP contribution in [-0.2, 0) is 16.4 Å². The molecule has 0 bridgehead atoms. The lowest BCUT2D eigenvalue weighted by atomic mass is 10.2. The number of hydrogen-bond acceptors (Lipinski definition) is 6. The SMILES string of the molecule is CCc1ccc(S(=O)(=O)NCCNc2cc(-n3ccc(C)n3)ncn2)cc1. The molecule has 27 heavy (non-hydrogen) atoms. The van der Waals surface area contributed by atoms with Crippen LogP contribution in [0.4, 0.5) is 5.82 Å². The first-order valence-electron chi connectivity index (χ1n) is 8.65. The normalized spacial score (nSPS) is 11.5.